The zero-order valence-corrected chi connectivity index (χ0v) is 13.3. The fourth-order valence-electron chi connectivity index (χ4n) is 4.48. The van der Waals surface area contributed by atoms with Crippen LogP contribution in [0.2, 0.25) is 0 Å². The van der Waals surface area contributed by atoms with Crippen molar-refractivity contribution in [1.82, 2.24) is 0 Å². The zero-order valence-electron chi connectivity index (χ0n) is 13.3. The molecule has 3 aliphatic rings. The zero-order chi connectivity index (χ0) is 16.0. The minimum absolute atomic E-state index is 0.0603. The Labute approximate surface area is 136 Å². The van der Waals surface area contributed by atoms with Gasteiger partial charge in [0.1, 0.15) is 6.61 Å². The van der Waals surface area contributed by atoms with Gasteiger partial charge in [-0.05, 0) is 35.6 Å². The molecular formula is C20H21NO2. The van der Waals surface area contributed by atoms with E-state index in [2.05, 4.69) is 55.5 Å². The molecule has 2 N–H and O–H groups in total. The van der Waals surface area contributed by atoms with Crippen molar-refractivity contribution in [2.75, 3.05) is 13.2 Å². The summed E-state index contributed by atoms with van der Waals surface area (Å²) < 4.78 is 5.45. The van der Waals surface area contributed by atoms with Gasteiger partial charge in [-0.1, -0.05) is 48.5 Å². The highest BCUT2D eigenvalue weighted by molar-refractivity contribution is 5.81. The third kappa shape index (κ3) is 1.96. The van der Waals surface area contributed by atoms with Crippen LogP contribution in [0.1, 0.15) is 47.4 Å². The Bertz CT molecular complexity index is 722. The van der Waals surface area contributed by atoms with Gasteiger partial charge in [0.05, 0.1) is 5.41 Å². The van der Waals surface area contributed by atoms with Crippen LogP contribution in [0.3, 0.4) is 0 Å². The first-order valence-corrected chi connectivity index (χ1v) is 8.22. The van der Waals surface area contributed by atoms with Crippen LogP contribution in [0.25, 0.3) is 0 Å². The number of hydrogen-bond acceptors (Lipinski definition) is 3. The molecule has 1 unspecified atom stereocenters. The van der Waals surface area contributed by atoms with Crippen molar-refractivity contribution >= 4 is 5.97 Å². The number of benzene rings is 2. The van der Waals surface area contributed by atoms with E-state index in [1.54, 1.807) is 0 Å². The van der Waals surface area contributed by atoms with Gasteiger partial charge in [-0.25, -0.2) is 0 Å². The van der Waals surface area contributed by atoms with Crippen molar-refractivity contribution in [2.24, 2.45) is 11.1 Å². The van der Waals surface area contributed by atoms with Crippen molar-refractivity contribution in [3.8, 4) is 0 Å². The number of fused-ring (bicyclic) bond motifs is 1. The van der Waals surface area contributed by atoms with Crippen LogP contribution in [-0.2, 0) is 9.53 Å². The van der Waals surface area contributed by atoms with Gasteiger partial charge in [0.2, 0.25) is 0 Å². The van der Waals surface area contributed by atoms with E-state index in [-0.39, 0.29) is 24.4 Å². The Morgan fingerprint density at radius 1 is 1.09 bits per heavy atom. The van der Waals surface area contributed by atoms with E-state index in [0.717, 1.165) is 6.42 Å². The van der Waals surface area contributed by atoms with Gasteiger partial charge in [-0.3, -0.25) is 4.79 Å². The predicted molar refractivity (Wildman–Crippen MR) is 89.3 cm³/mol. The third-order valence-electron chi connectivity index (χ3n) is 5.45. The maximum atomic E-state index is 12.8. The van der Waals surface area contributed by atoms with E-state index in [0.29, 0.717) is 6.54 Å². The van der Waals surface area contributed by atoms with Crippen molar-refractivity contribution in [3.63, 3.8) is 0 Å². The molecule has 0 radical (unpaired) electrons. The Hall–Kier alpha value is -2.13. The minimum atomic E-state index is -0.525. The summed E-state index contributed by atoms with van der Waals surface area (Å²) in [5.74, 6) is 0.204. The van der Waals surface area contributed by atoms with Crippen molar-refractivity contribution < 1.29 is 9.53 Å². The minimum Gasteiger partial charge on any atom is -0.464 e. The lowest BCUT2D eigenvalue weighted by molar-refractivity contribution is -0.157. The number of carbonyl (C=O) groups excluding carboxylic acids is 1. The van der Waals surface area contributed by atoms with Crippen LogP contribution >= 0.6 is 0 Å². The molecule has 118 valence electrons. The molecule has 3 aliphatic carbocycles. The average molecular weight is 307 g/mol. The number of carbonyl (C=O) groups is 1. The summed E-state index contributed by atoms with van der Waals surface area (Å²) in [7, 11) is 0. The van der Waals surface area contributed by atoms with Gasteiger partial charge in [-0.2, -0.15) is 0 Å². The van der Waals surface area contributed by atoms with Crippen LogP contribution in [0.15, 0.2) is 48.5 Å². The highest BCUT2D eigenvalue weighted by atomic mass is 16.5. The van der Waals surface area contributed by atoms with Gasteiger partial charge < -0.3 is 10.5 Å². The van der Waals surface area contributed by atoms with Crippen LogP contribution in [-0.4, -0.2) is 19.1 Å². The molecule has 0 aromatic heterocycles. The second-order valence-corrected chi connectivity index (χ2v) is 6.79. The molecule has 3 nitrogen and oxygen atoms in total. The first kappa shape index (κ1) is 14.5. The summed E-state index contributed by atoms with van der Waals surface area (Å²) in [6.07, 6.45) is 0.801. The van der Waals surface area contributed by atoms with E-state index in [1.165, 1.54) is 22.3 Å². The molecule has 0 spiro atoms. The summed E-state index contributed by atoms with van der Waals surface area (Å²) in [6.45, 7) is 2.70. The highest BCUT2D eigenvalue weighted by Gasteiger charge is 2.54. The van der Waals surface area contributed by atoms with Crippen LogP contribution in [0.5, 0.6) is 0 Å². The molecule has 23 heavy (non-hydrogen) atoms. The molecule has 0 saturated carbocycles. The Morgan fingerprint density at radius 2 is 1.61 bits per heavy atom. The predicted octanol–water partition coefficient (Wildman–Crippen LogP) is 3.18. The van der Waals surface area contributed by atoms with E-state index < -0.39 is 5.41 Å². The van der Waals surface area contributed by atoms with Crippen LogP contribution < -0.4 is 5.73 Å². The molecule has 0 saturated heterocycles. The van der Waals surface area contributed by atoms with E-state index in [4.69, 9.17) is 10.5 Å². The molecule has 3 heteroatoms. The van der Waals surface area contributed by atoms with E-state index in [1.807, 2.05) is 0 Å². The SMILES string of the molecule is CC1(C(=O)OCCN)CC2c3ccccc3C1c1ccccc12. The number of hydrogen-bond donors (Lipinski definition) is 1. The fourth-order valence-corrected chi connectivity index (χ4v) is 4.48. The van der Waals surface area contributed by atoms with Gasteiger partial charge in [-0.15, -0.1) is 0 Å². The van der Waals surface area contributed by atoms with Crippen molar-refractivity contribution in [2.45, 2.75) is 25.2 Å². The van der Waals surface area contributed by atoms with Crippen molar-refractivity contribution in [3.05, 3.63) is 70.8 Å². The average Bonchev–Trinajstić information content (AvgIpc) is 2.59. The van der Waals surface area contributed by atoms with E-state index >= 15 is 0 Å². The van der Waals surface area contributed by atoms with E-state index in [9.17, 15) is 4.79 Å². The van der Waals surface area contributed by atoms with Gasteiger partial charge in [0.25, 0.3) is 0 Å². The first-order valence-electron chi connectivity index (χ1n) is 8.22. The Kier molecular flexibility index (Phi) is 3.27. The van der Waals surface area contributed by atoms with Gasteiger partial charge in [0, 0.05) is 18.4 Å². The maximum absolute atomic E-state index is 12.8. The second-order valence-electron chi connectivity index (χ2n) is 6.79. The monoisotopic (exact) mass is 307 g/mol. The topological polar surface area (TPSA) is 52.3 Å². The fraction of sp³-hybridized carbons (Fsp3) is 0.350. The normalized spacial score (nSPS) is 27.2. The highest BCUT2D eigenvalue weighted by Crippen LogP contribution is 2.61. The van der Waals surface area contributed by atoms with Gasteiger partial charge in [0.15, 0.2) is 0 Å². The largest absolute Gasteiger partial charge is 0.464 e. The number of ether oxygens (including phenoxy) is 1. The molecule has 0 amide bonds. The molecule has 0 fully saturated rings. The standard InChI is InChI=1S/C20H21NO2/c1-20(19(22)23-11-10-21)12-17-13-6-2-4-8-15(13)18(20)16-9-5-3-7-14(16)17/h2-9,17-18H,10-12,21H2,1H3. The number of rotatable bonds is 3. The van der Waals surface area contributed by atoms with Gasteiger partial charge >= 0.3 is 5.97 Å². The lowest BCUT2D eigenvalue weighted by atomic mass is 9.53. The van der Waals surface area contributed by atoms with Crippen LogP contribution in [0, 0.1) is 5.41 Å². The summed E-state index contributed by atoms with van der Waals surface area (Å²) in [6, 6.07) is 17.0. The summed E-state index contributed by atoms with van der Waals surface area (Å²) in [5.41, 5.74) is 10.2. The van der Waals surface area contributed by atoms with Crippen LogP contribution in [0.4, 0.5) is 0 Å². The Morgan fingerprint density at radius 3 is 2.13 bits per heavy atom. The summed E-state index contributed by atoms with van der Waals surface area (Å²) in [4.78, 5) is 12.8. The van der Waals surface area contributed by atoms with Crippen molar-refractivity contribution in [1.29, 1.82) is 0 Å². The third-order valence-corrected chi connectivity index (χ3v) is 5.45. The molecule has 5 rings (SSSR count). The maximum Gasteiger partial charge on any atom is 0.312 e. The Balaban J connectivity index is 1.87. The molecule has 2 aromatic rings. The number of nitrogens with two attached hydrogens (primary N) is 1. The molecule has 0 aliphatic heterocycles. The summed E-state index contributed by atoms with van der Waals surface area (Å²) in [5, 5.41) is 0. The second kappa shape index (κ2) is 5.20. The lowest BCUT2D eigenvalue weighted by Gasteiger charge is -2.50. The molecule has 2 aromatic carbocycles. The quantitative estimate of drug-likeness (QED) is 0.886. The molecular weight excluding hydrogens is 286 g/mol. The molecule has 2 bridgehead atoms. The molecule has 0 heterocycles. The lowest BCUT2D eigenvalue weighted by Crippen LogP contribution is -2.45. The number of esters is 1. The smallest absolute Gasteiger partial charge is 0.312 e. The molecule has 1 atom stereocenters. The summed E-state index contributed by atoms with van der Waals surface area (Å²) >= 11 is 0. The first-order chi connectivity index (χ1) is 11.2.